The number of rotatable bonds is 9. The molecule has 37 heavy (non-hydrogen) atoms. The zero-order chi connectivity index (χ0) is 26.2. The molecule has 0 saturated carbocycles. The summed E-state index contributed by atoms with van der Waals surface area (Å²) in [5, 5.41) is 2.91. The second-order valence-corrected chi connectivity index (χ2v) is 8.73. The molecule has 4 aromatic carbocycles. The minimum Gasteiger partial charge on any atom is -0.497 e. The molecule has 1 N–H and O–H groups in total. The largest absolute Gasteiger partial charge is 0.497 e. The van der Waals surface area contributed by atoms with Gasteiger partial charge in [0.15, 0.2) is 0 Å². The van der Waals surface area contributed by atoms with Gasteiger partial charge in [0.05, 0.1) is 27.2 Å². The number of amides is 2. The molecule has 2 amide bonds. The van der Waals surface area contributed by atoms with Gasteiger partial charge >= 0.3 is 0 Å². The van der Waals surface area contributed by atoms with Crippen molar-refractivity contribution in [3.05, 3.63) is 119 Å². The average Bonchev–Trinajstić information content (AvgIpc) is 2.93. The number of carbonyl (C=O) groups excluding carboxylic acids is 2. The first kappa shape index (κ1) is 25.5. The van der Waals surface area contributed by atoms with Crippen molar-refractivity contribution in [2.75, 3.05) is 24.4 Å². The number of nitrogens with zero attached hydrogens (tertiary/aromatic N) is 1. The Hall–Kier alpha value is -4.58. The quantitative estimate of drug-likeness (QED) is 0.308. The predicted octanol–water partition coefficient (Wildman–Crippen LogP) is 6.04. The highest BCUT2D eigenvalue weighted by Crippen LogP contribution is 2.24. The molecular weight excluding hydrogens is 464 g/mol. The average molecular weight is 495 g/mol. The summed E-state index contributed by atoms with van der Waals surface area (Å²) in [6.45, 7) is 2.42. The summed E-state index contributed by atoms with van der Waals surface area (Å²) < 4.78 is 10.5. The number of anilines is 2. The van der Waals surface area contributed by atoms with E-state index in [-0.39, 0.29) is 18.2 Å². The molecule has 0 aromatic heterocycles. The van der Waals surface area contributed by atoms with Gasteiger partial charge in [0, 0.05) is 16.9 Å². The zero-order valence-corrected chi connectivity index (χ0v) is 21.2. The van der Waals surface area contributed by atoms with E-state index in [4.69, 9.17) is 9.47 Å². The highest BCUT2D eigenvalue weighted by Gasteiger charge is 2.20. The maximum Gasteiger partial charge on any atom is 0.258 e. The molecule has 0 aliphatic heterocycles. The standard InChI is InChI=1S/C31H30N2O4/c1-22-10-12-23(13-11-22)21-33(31(35)25-7-5-9-29(20-25)37-3)27-8-4-6-24(18-27)19-30(34)32-26-14-16-28(36-2)17-15-26/h4-18,20H,19,21H2,1-3H3,(H,32,34). The summed E-state index contributed by atoms with van der Waals surface area (Å²) in [4.78, 5) is 28.1. The minimum atomic E-state index is -0.153. The van der Waals surface area contributed by atoms with Crippen LogP contribution < -0.4 is 19.7 Å². The van der Waals surface area contributed by atoms with Crippen LogP contribution >= 0.6 is 0 Å². The van der Waals surface area contributed by atoms with Crippen molar-refractivity contribution >= 4 is 23.2 Å². The van der Waals surface area contributed by atoms with Crippen LogP contribution in [-0.4, -0.2) is 26.0 Å². The number of carbonyl (C=O) groups is 2. The smallest absolute Gasteiger partial charge is 0.258 e. The molecule has 188 valence electrons. The zero-order valence-electron chi connectivity index (χ0n) is 21.2. The summed E-state index contributed by atoms with van der Waals surface area (Å²) in [5.41, 5.74) is 4.88. The highest BCUT2D eigenvalue weighted by atomic mass is 16.5. The van der Waals surface area contributed by atoms with Crippen LogP contribution in [0.1, 0.15) is 27.0 Å². The molecule has 4 aromatic rings. The number of nitrogens with one attached hydrogen (secondary N) is 1. The van der Waals surface area contributed by atoms with Gasteiger partial charge in [-0.25, -0.2) is 0 Å². The normalized spacial score (nSPS) is 10.5. The van der Waals surface area contributed by atoms with Crippen molar-refractivity contribution in [3.8, 4) is 11.5 Å². The van der Waals surface area contributed by atoms with Gasteiger partial charge < -0.3 is 19.7 Å². The molecular formula is C31H30N2O4. The summed E-state index contributed by atoms with van der Waals surface area (Å²) in [7, 11) is 3.18. The number of hydrogen-bond acceptors (Lipinski definition) is 4. The molecule has 0 radical (unpaired) electrons. The fourth-order valence-electron chi connectivity index (χ4n) is 3.97. The Morgan fingerprint density at radius 3 is 2.16 bits per heavy atom. The van der Waals surface area contributed by atoms with Crippen molar-refractivity contribution in [1.29, 1.82) is 0 Å². The lowest BCUT2D eigenvalue weighted by molar-refractivity contribution is -0.115. The lowest BCUT2D eigenvalue weighted by atomic mass is 10.1. The van der Waals surface area contributed by atoms with Crippen LogP contribution in [0.4, 0.5) is 11.4 Å². The van der Waals surface area contributed by atoms with Crippen LogP contribution in [0.3, 0.4) is 0 Å². The van der Waals surface area contributed by atoms with Crippen molar-refractivity contribution in [1.82, 2.24) is 0 Å². The van der Waals surface area contributed by atoms with Gasteiger partial charge in [0.25, 0.3) is 5.91 Å². The number of methoxy groups -OCH3 is 2. The Bertz CT molecular complexity index is 1360. The minimum absolute atomic E-state index is 0.147. The molecule has 0 aliphatic carbocycles. The maximum absolute atomic E-state index is 13.7. The Kier molecular flexibility index (Phi) is 8.21. The summed E-state index contributed by atoms with van der Waals surface area (Å²) in [6.07, 6.45) is 0.172. The van der Waals surface area contributed by atoms with Crippen LogP contribution in [0.2, 0.25) is 0 Å². The molecule has 0 heterocycles. The van der Waals surface area contributed by atoms with E-state index in [2.05, 4.69) is 5.32 Å². The van der Waals surface area contributed by atoms with Crippen LogP contribution in [0, 0.1) is 6.92 Å². The monoisotopic (exact) mass is 494 g/mol. The van der Waals surface area contributed by atoms with Crippen molar-refractivity contribution in [2.24, 2.45) is 0 Å². The Labute approximate surface area is 217 Å². The lowest BCUT2D eigenvalue weighted by Crippen LogP contribution is -2.30. The van der Waals surface area contributed by atoms with Crippen molar-refractivity contribution < 1.29 is 19.1 Å². The SMILES string of the molecule is COc1ccc(NC(=O)Cc2cccc(N(Cc3ccc(C)cc3)C(=O)c3cccc(OC)c3)c2)cc1. The first-order chi connectivity index (χ1) is 17.9. The molecule has 6 nitrogen and oxygen atoms in total. The Morgan fingerprint density at radius 2 is 1.46 bits per heavy atom. The topological polar surface area (TPSA) is 67.9 Å². The van der Waals surface area contributed by atoms with Gasteiger partial charge in [-0.1, -0.05) is 48.0 Å². The van der Waals surface area contributed by atoms with Crippen LogP contribution in [0.15, 0.2) is 97.1 Å². The number of aryl methyl sites for hydroxylation is 1. The number of benzene rings is 4. The first-order valence-electron chi connectivity index (χ1n) is 12.0. The Morgan fingerprint density at radius 1 is 0.757 bits per heavy atom. The lowest BCUT2D eigenvalue weighted by Gasteiger charge is -2.24. The van der Waals surface area contributed by atoms with Gasteiger partial charge in [0.1, 0.15) is 11.5 Å². The summed E-state index contributed by atoms with van der Waals surface area (Å²) in [6, 6.07) is 29.9. The van der Waals surface area contributed by atoms with E-state index in [9.17, 15) is 9.59 Å². The molecule has 0 unspecified atom stereocenters. The van der Waals surface area contributed by atoms with E-state index < -0.39 is 0 Å². The summed E-state index contributed by atoms with van der Waals surface area (Å²) >= 11 is 0. The van der Waals surface area contributed by atoms with Gasteiger partial charge in [0.2, 0.25) is 5.91 Å². The van der Waals surface area contributed by atoms with Gasteiger partial charge in [-0.15, -0.1) is 0 Å². The van der Waals surface area contributed by atoms with E-state index in [1.807, 2.05) is 61.5 Å². The second kappa shape index (κ2) is 11.9. The third-order valence-corrected chi connectivity index (χ3v) is 5.98. The van der Waals surface area contributed by atoms with E-state index in [0.717, 1.165) is 22.4 Å². The van der Waals surface area contributed by atoms with E-state index >= 15 is 0 Å². The van der Waals surface area contributed by atoms with Crippen molar-refractivity contribution in [3.63, 3.8) is 0 Å². The van der Waals surface area contributed by atoms with Crippen LogP contribution in [0.25, 0.3) is 0 Å². The summed E-state index contributed by atoms with van der Waals surface area (Å²) in [5.74, 6) is 1.04. The van der Waals surface area contributed by atoms with E-state index in [0.29, 0.717) is 29.2 Å². The van der Waals surface area contributed by atoms with E-state index in [1.54, 1.807) is 61.6 Å². The third kappa shape index (κ3) is 6.76. The van der Waals surface area contributed by atoms with Gasteiger partial charge in [-0.2, -0.15) is 0 Å². The molecule has 6 heteroatoms. The molecule has 4 rings (SSSR count). The molecule has 0 fully saturated rings. The highest BCUT2D eigenvalue weighted by molar-refractivity contribution is 6.06. The molecule has 0 bridgehead atoms. The van der Waals surface area contributed by atoms with Gasteiger partial charge in [-0.05, 0) is 72.6 Å². The number of hydrogen-bond donors (Lipinski definition) is 1. The maximum atomic E-state index is 13.7. The molecule has 0 aliphatic rings. The molecule has 0 atom stereocenters. The third-order valence-electron chi connectivity index (χ3n) is 5.98. The second-order valence-electron chi connectivity index (χ2n) is 8.73. The van der Waals surface area contributed by atoms with Gasteiger partial charge in [-0.3, -0.25) is 9.59 Å². The van der Waals surface area contributed by atoms with Crippen molar-refractivity contribution in [2.45, 2.75) is 19.9 Å². The first-order valence-corrected chi connectivity index (χ1v) is 12.0. The predicted molar refractivity (Wildman–Crippen MR) is 146 cm³/mol. The van der Waals surface area contributed by atoms with Crippen LogP contribution in [-0.2, 0) is 17.8 Å². The fraction of sp³-hybridized carbons (Fsp3) is 0.161. The Balaban J connectivity index is 1.58. The van der Waals surface area contributed by atoms with Crippen LogP contribution in [0.5, 0.6) is 11.5 Å². The molecule has 0 saturated heterocycles. The van der Waals surface area contributed by atoms with E-state index in [1.165, 1.54) is 0 Å². The molecule has 0 spiro atoms. The fourth-order valence-corrected chi connectivity index (χ4v) is 3.97. The number of ether oxygens (including phenoxy) is 2.